The Bertz CT molecular complexity index is 335. The van der Waals surface area contributed by atoms with Crippen molar-refractivity contribution in [3.8, 4) is 0 Å². The molecule has 0 radical (unpaired) electrons. The molecule has 0 aromatic heterocycles. The lowest BCUT2D eigenvalue weighted by Crippen LogP contribution is -2.15. The van der Waals surface area contributed by atoms with Gasteiger partial charge in [0, 0.05) is 6.42 Å². The number of rotatable bonds is 5. The molecule has 0 N–H and O–H groups in total. The van der Waals surface area contributed by atoms with Crippen LogP contribution in [0.15, 0.2) is 24.3 Å². The predicted octanol–water partition coefficient (Wildman–Crippen LogP) is 4.07. The van der Waals surface area contributed by atoms with E-state index in [1.54, 1.807) is 0 Å². The van der Waals surface area contributed by atoms with Gasteiger partial charge in [-0.1, -0.05) is 52.0 Å². The van der Waals surface area contributed by atoms with E-state index in [9.17, 15) is 4.79 Å². The number of hydrogen-bond acceptors (Lipinski definition) is 1. The molecule has 0 spiro atoms. The fourth-order valence-corrected chi connectivity index (χ4v) is 1.75. The van der Waals surface area contributed by atoms with Crippen molar-refractivity contribution in [2.24, 2.45) is 0 Å². The minimum atomic E-state index is 0.242. The van der Waals surface area contributed by atoms with Crippen molar-refractivity contribution in [1.82, 2.24) is 0 Å². The molecule has 88 valence electrons. The summed E-state index contributed by atoms with van der Waals surface area (Å²) >= 11 is 0. The summed E-state index contributed by atoms with van der Waals surface area (Å²) in [5.74, 6) is 0.330. The molecule has 1 aromatic rings. The largest absolute Gasteiger partial charge is 0.303 e. The summed E-state index contributed by atoms with van der Waals surface area (Å²) in [6.07, 6.45) is 2.74. The summed E-state index contributed by atoms with van der Waals surface area (Å²) in [7, 11) is 0. The Balaban J connectivity index is 2.86. The molecule has 1 unspecified atom stereocenters. The summed E-state index contributed by atoms with van der Waals surface area (Å²) in [5, 5.41) is 0. The van der Waals surface area contributed by atoms with Crippen molar-refractivity contribution >= 4 is 6.29 Å². The van der Waals surface area contributed by atoms with Crippen LogP contribution in [0.4, 0.5) is 0 Å². The maximum absolute atomic E-state index is 10.5. The van der Waals surface area contributed by atoms with Crippen LogP contribution >= 0.6 is 0 Å². The Labute approximate surface area is 98.9 Å². The van der Waals surface area contributed by atoms with Crippen LogP contribution < -0.4 is 0 Å². The topological polar surface area (TPSA) is 17.1 Å². The molecule has 0 saturated heterocycles. The first-order valence-electron chi connectivity index (χ1n) is 6.05. The van der Waals surface area contributed by atoms with Gasteiger partial charge in [0.05, 0.1) is 0 Å². The second kappa shape index (κ2) is 5.29. The molecule has 0 heterocycles. The Hall–Kier alpha value is -1.11. The highest BCUT2D eigenvalue weighted by molar-refractivity contribution is 5.51. The molecule has 0 amide bonds. The molecular weight excluding hydrogens is 196 g/mol. The minimum Gasteiger partial charge on any atom is -0.303 e. The van der Waals surface area contributed by atoms with Gasteiger partial charge in [0.2, 0.25) is 0 Å². The zero-order chi connectivity index (χ0) is 12.2. The van der Waals surface area contributed by atoms with Gasteiger partial charge >= 0.3 is 0 Å². The molecule has 1 rings (SSSR count). The fraction of sp³-hybridized carbons (Fsp3) is 0.533. The van der Waals surface area contributed by atoms with E-state index in [1.165, 1.54) is 11.1 Å². The predicted molar refractivity (Wildman–Crippen MR) is 68.9 cm³/mol. The third-order valence-corrected chi connectivity index (χ3v) is 3.59. The van der Waals surface area contributed by atoms with Crippen LogP contribution in [0, 0.1) is 0 Å². The van der Waals surface area contributed by atoms with Gasteiger partial charge < -0.3 is 4.79 Å². The van der Waals surface area contributed by atoms with E-state index >= 15 is 0 Å². The van der Waals surface area contributed by atoms with E-state index < -0.39 is 0 Å². The summed E-state index contributed by atoms with van der Waals surface area (Å²) in [5.41, 5.74) is 2.87. The molecular formula is C15H22O. The number of aldehydes is 1. The molecule has 0 aliphatic carbocycles. The van der Waals surface area contributed by atoms with E-state index in [4.69, 9.17) is 0 Å². The van der Waals surface area contributed by atoms with E-state index in [-0.39, 0.29) is 5.41 Å². The fourth-order valence-electron chi connectivity index (χ4n) is 1.75. The zero-order valence-corrected chi connectivity index (χ0v) is 10.8. The van der Waals surface area contributed by atoms with Crippen molar-refractivity contribution in [3.63, 3.8) is 0 Å². The van der Waals surface area contributed by atoms with Crippen LogP contribution in [0.2, 0.25) is 0 Å². The molecule has 1 atom stereocenters. The van der Waals surface area contributed by atoms with Crippen molar-refractivity contribution < 1.29 is 4.79 Å². The smallest absolute Gasteiger partial charge is 0.120 e. The summed E-state index contributed by atoms with van der Waals surface area (Å²) in [6.45, 7) is 8.82. The van der Waals surface area contributed by atoms with Crippen LogP contribution in [0.25, 0.3) is 0 Å². The van der Waals surface area contributed by atoms with Crippen molar-refractivity contribution in [2.75, 3.05) is 0 Å². The normalized spacial score (nSPS) is 13.5. The lowest BCUT2D eigenvalue weighted by Gasteiger charge is -2.23. The Kier molecular flexibility index (Phi) is 4.28. The minimum absolute atomic E-state index is 0.242. The van der Waals surface area contributed by atoms with E-state index in [0.717, 1.165) is 12.7 Å². The molecule has 0 fully saturated rings. The van der Waals surface area contributed by atoms with Crippen molar-refractivity contribution in [1.29, 1.82) is 0 Å². The standard InChI is InChI=1S/C15H22O/c1-5-15(3,4)14-8-6-13(7-9-14)12(2)10-11-16/h6-9,11-12H,5,10H2,1-4H3. The van der Waals surface area contributed by atoms with E-state index in [2.05, 4.69) is 52.0 Å². The van der Waals surface area contributed by atoms with Gasteiger partial charge in [-0.15, -0.1) is 0 Å². The third-order valence-electron chi connectivity index (χ3n) is 3.59. The highest BCUT2D eigenvalue weighted by atomic mass is 16.1. The molecule has 1 heteroatoms. The van der Waals surface area contributed by atoms with Crippen molar-refractivity contribution in [2.45, 2.75) is 51.9 Å². The lowest BCUT2D eigenvalue weighted by molar-refractivity contribution is -0.108. The van der Waals surface area contributed by atoms with Gasteiger partial charge in [-0.25, -0.2) is 0 Å². The first kappa shape index (κ1) is 13.0. The van der Waals surface area contributed by atoms with Crippen molar-refractivity contribution in [3.05, 3.63) is 35.4 Å². The lowest BCUT2D eigenvalue weighted by atomic mass is 9.81. The van der Waals surface area contributed by atoms with Gasteiger partial charge in [-0.05, 0) is 28.9 Å². The molecule has 0 saturated carbocycles. The van der Waals surface area contributed by atoms with Gasteiger partial charge in [0.1, 0.15) is 6.29 Å². The van der Waals surface area contributed by atoms with Gasteiger partial charge in [0.25, 0.3) is 0 Å². The SMILES string of the molecule is CCC(C)(C)c1ccc(C(C)CC=O)cc1. The van der Waals surface area contributed by atoms with E-state index in [1.807, 2.05) is 0 Å². The number of carbonyl (C=O) groups excluding carboxylic acids is 1. The highest BCUT2D eigenvalue weighted by Crippen LogP contribution is 2.28. The molecule has 0 aliphatic heterocycles. The Morgan fingerprint density at radius 2 is 1.81 bits per heavy atom. The van der Waals surface area contributed by atoms with Crippen LogP contribution in [-0.2, 0) is 10.2 Å². The van der Waals surface area contributed by atoms with Crippen LogP contribution in [0.1, 0.15) is 57.6 Å². The van der Waals surface area contributed by atoms with Gasteiger partial charge in [-0.2, -0.15) is 0 Å². The number of carbonyl (C=O) groups is 1. The summed E-state index contributed by atoms with van der Waals surface area (Å²) in [4.78, 5) is 10.5. The van der Waals surface area contributed by atoms with Crippen LogP contribution in [-0.4, -0.2) is 6.29 Å². The van der Waals surface area contributed by atoms with Crippen LogP contribution in [0.3, 0.4) is 0 Å². The van der Waals surface area contributed by atoms with Crippen LogP contribution in [0.5, 0.6) is 0 Å². The zero-order valence-electron chi connectivity index (χ0n) is 10.8. The van der Waals surface area contributed by atoms with Gasteiger partial charge in [0.15, 0.2) is 0 Å². The molecule has 0 bridgehead atoms. The maximum atomic E-state index is 10.5. The monoisotopic (exact) mass is 218 g/mol. The maximum Gasteiger partial charge on any atom is 0.120 e. The Morgan fingerprint density at radius 1 is 1.25 bits per heavy atom. The summed E-state index contributed by atoms with van der Waals surface area (Å²) in [6, 6.07) is 8.70. The average molecular weight is 218 g/mol. The number of hydrogen-bond donors (Lipinski definition) is 0. The molecule has 1 aromatic carbocycles. The van der Waals surface area contributed by atoms with Gasteiger partial charge in [-0.3, -0.25) is 0 Å². The second-order valence-corrected chi connectivity index (χ2v) is 5.16. The molecule has 16 heavy (non-hydrogen) atoms. The third kappa shape index (κ3) is 2.94. The second-order valence-electron chi connectivity index (χ2n) is 5.16. The van der Waals surface area contributed by atoms with E-state index in [0.29, 0.717) is 12.3 Å². The highest BCUT2D eigenvalue weighted by Gasteiger charge is 2.17. The summed E-state index contributed by atoms with van der Waals surface area (Å²) < 4.78 is 0. The first-order chi connectivity index (χ1) is 7.51. The molecule has 1 nitrogen and oxygen atoms in total. The average Bonchev–Trinajstić information content (AvgIpc) is 2.29. The molecule has 0 aliphatic rings. The quantitative estimate of drug-likeness (QED) is 0.681. The number of benzene rings is 1. The Morgan fingerprint density at radius 3 is 2.25 bits per heavy atom. The first-order valence-corrected chi connectivity index (χ1v) is 6.05.